The quantitative estimate of drug-likeness (QED) is 0.114. The molecule has 0 radical (unpaired) electrons. The van der Waals surface area contributed by atoms with E-state index in [2.05, 4.69) is 15.3 Å². The zero-order chi connectivity index (χ0) is 29.5. The van der Waals surface area contributed by atoms with Crippen molar-refractivity contribution in [2.45, 2.75) is 51.9 Å². The number of aromatic nitrogens is 2. The summed E-state index contributed by atoms with van der Waals surface area (Å²) in [4.78, 5) is 29.8. The van der Waals surface area contributed by atoms with Crippen molar-refractivity contribution in [3.63, 3.8) is 0 Å². The number of aliphatic hydroxyl groups excluding tert-OH is 2. The Balaban J connectivity index is 1.21. The molecule has 11 heteroatoms. The third kappa shape index (κ3) is 11.1. The van der Waals surface area contributed by atoms with Crippen molar-refractivity contribution in [1.29, 1.82) is 0 Å². The topological polar surface area (TPSA) is 163 Å². The minimum atomic E-state index is -0.700. The third-order valence-corrected chi connectivity index (χ3v) is 6.28. The molecule has 0 fully saturated rings. The maximum atomic E-state index is 12.3. The molecular weight excluding hydrogens is 530 g/mol. The third-order valence-electron chi connectivity index (χ3n) is 6.28. The summed E-state index contributed by atoms with van der Waals surface area (Å²) < 4.78 is 16.2. The summed E-state index contributed by atoms with van der Waals surface area (Å²) in [5.74, 6) is -0.538. The van der Waals surface area contributed by atoms with Crippen LogP contribution in [0, 0.1) is 0 Å². The van der Waals surface area contributed by atoms with Crippen LogP contribution in [0.2, 0.25) is 0 Å². The summed E-state index contributed by atoms with van der Waals surface area (Å²) in [6.07, 6.45) is 4.73. The highest BCUT2D eigenvalue weighted by atomic mass is 16.5. The van der Waals surface area contributed by atoms with Gasteiger partial charge in [0.05, 0.1) is 38.1 Å². The molecule has 1 heterocycles. The van der Waals surface area contributed by atoms with Crippen LogP contribution >= 0.6 is 0 Å². The van der Waals surface area contributed by atoms with E-state index in [1.807, 2.05) is 18.2 Å². The number of rotatable bonds is 18. The number of H-pyrrole nitrogens is 1. The zero-order valence-electron chi connectivity index (χ0n) is 23.3. The van der Waals surface area contributed by atoms with Crippen molar-refractivity contribution >= 4 is 5.97 Å². The first-order chi connectivity index (χ1) is 19.9. The second kappa shape index (κ2) is 17.3. The van der Waals surface area contributed by atoms with Crippen LogP contribution in [0.3, 0.4) is 0 Å². The minimum absolute atomic E-state index is 0.0236. The Morgan fingerprint density at radius 3 is 2.63 bits per heavy atom. The van der Waals surface area contributed by atoms with Crippen LogP contribution in [-0.4, -0.2) is 64.2 Å². The number of esters is 1. The fourth-order valence-corrected chi connectivity index (χ4v) is 4.11. The first kappa shape index (κ1) is 31.9. The molecular formula is C30H39N3O8. The van der Waals surface area contributed by atoms with Crippen LogP contribution in [0.15, 0.2) is 53.5 Å². The predicted molar refractivity (Wildman–Crippen MR) is 152 cm³/mol. The molecule has 0 saturated carbocycles. The molecule has 11 nitrogen and oxygen atoms in total. The van der Waals surface area contributed by atoms with E-state index >= 15 is 0 Å². The number of phenols is 1. The van der Waals surface area contributed by atoms with Crippen LogP contribution in [0.1, 0.15) is 55.4 Å². The maximum Gasteiger partial charge on any atom is 0.310 e. The Morgan fingerprint density at radius 1 is 1.05 bits per heavy atom. The van der Waals surface area contributed by atoms with Gasteiger partial charge in [-0.05, 0) is 54.3 Å². The van der Waals surface area contributed by atoms with Gasteiger partial charge < -0.3 is 34.8 Å². The molecule has 0 aliphatic carbocycles. The van der Waals surface area contributed by atoms with E-state index in [1.165, 1.54) is 19.2 Å². The molecule has 0 aliphatic heterocycles. The average molecular weight is 570 g/mol. The summed E-state index contributed by atoms with van der Waals surface area (Å²) in [7, 11) is 0. The number of benzene rings is 2. The number of aromatic amines is 1. The summed E-state index contributed by atoms with van der Waals surface area (Å²) in [5, 5.41) is 32.4. The first-order valence-electron chi connectivity index (χ1n) is 13.7. The molecule has 2 aromatic carbocycles. The van der Waals surface area contributed by atoms with E-state index < -0.39 is 17.6 Å². The van der Waals surface area contributed by atoms with E-state index in [0.29, 0.717) is 55.2 Å². The SMILES string of the molecule is CC(=O)Oc1ncc(-c2cccc(COCCOCCCCCCNC[C@H](O)c3ccc(O)c(CO)c3)c2)c(=O)[nH]1. The molecule has 41 heavy (non-hydrogen) atoms. The van der Waals surface area contributed by atoms with E-state index in [0.717, 1.165) is 37.8 Å². The number of nitrogens with one attached hydrogen (secondary N) is 2. The standard InChI is InChI=1S/C30H39N3O8/c1-21(35)41-30-32-17-26(29(38)33-30)23-8-6-7-22(15-23)20-40-14-13-39-12-5-3-2-4-11-31-18-28(37)24-9-10-27(36)25(16-24)19-34/h6-10,15-17,28,31,34,36-37H,2-5,11-14,18-20H2,1H3,(H,32,33,38)/t28-/m0/s1. The number of nitrogens with zero attached hydrogens (tertiary/aromatic N) is 1. The highest BCUT2D eigenvalue weighted by Gasteiger charge is 2.10. The zero-order valence-corrected chi connectivity index (χ0v) is 23.3. The molecule has 1 atom stereocenters. The van der Waals surface area contributed by atoms with E-state index in [9.17, 15) is 24.9 Å². The van der Waals surface area contributed by atoms with Crippen molar-refractivity contribution in [2.24, 2.45) is 0 Å². The van der Waals surface area contributed by atoms with Gasteiger partial charge in [-0.1, -0.05) is 37.1 Å². The van der Waals surface area contributed by atoms with Gasteiger partial charge in [-0.15, -0.1) is 0 Å². The molecule has 222 valence electrons. The fraction of sp³-hybridized carbons (Fsp3) is 0.433. The van der Waals surface area contributed by atoms with Crippen molar-refractivity contribution in [2.75, 3.05) is 32.9 Å². The molecule has 3 rings (SSSR count). The highest BCUT2D eigenvalue weighted by molar-refractivity contribution is 5.68. The normalized spacial score (nSPS) is 11.9. The fourth-order valence-electron chi connectivity index (χ4n) is 4.11. The Bertz CT molecular complexity index is 1300. The summed E-state index contributed by atoms with van der Waals surface area (Å²) in [5.41, 5.74) is 2.62. The van der Waals surface area contributed by atoms with Crippen LogP contribution in [0.5, 0.6) is 11.8 Å². The monoisotopic (exact) mass is 569 g/mol. The van der Waals surface area contributed by atoms with Crippen LogP contribution in [0.25, 0.3) is 11.1 Å². The molecule has 0 amide bonds. The van der Waals surface area contributed by atoms with Crippen LogP contribution < -0.4 is 15.6 Å². The lowest BCUT2D eigenvalue weighted by Crippen LogP contribution is -2.22. The lowest BCUT2D eigenvalue weighted by molar-refractivity contribution is -0.132. The Morgan fingerprint density at radius 2 is 1.85 bits per heavy atom. The Labute approximate surface area is 239 Å². The van der Waals surface area contributed by atoms with Gasteiger partial charge in [-0.3, -0.25) is 14.6 Å². The molecule has 0 spiro atoms. The largest absolute Gasteiger partial charge is 0.508 e. The lowest BCUT2D eigenvalue weighted by Gasteiger charge is -2.14. The van der Waals surface area contributed by atoms with Gasteiger partial charge in [0, 0.05) is 31.8 Å². The van der Waals surface area contributed by atoms with E-state index in [4.69, 9.17) is 14.2 Å². The number of ether oxygens (including phenoxy) is 3. The summed E-state index contributed by atoms with van der Waals surface area (Å²) >= 11 is 0. The van der Waals surface area contributed by atoms with Crippen molar-refractivity contribution in [3.05, 3.63) is 75.7 Å². The number of hydrogen-bond acceptors (Lipinski definition) is 10. The predicted octanol–water partition coefficient (Wildman–Crippen LogP) is 2.98. The van der Waals surface area contributed by atoms with E-state index in [-0.39, 0.29) is 18.4 Å². The second-order valence-electron chi connectivity index (χ2n) is 9.57. The maximum absolute atomic E-state index is 12.3. The number of hydrogen-bond donors (Lipinski definition) is 5. The van der Waals surface area contributed by atoms with Crippen molar-refractivity contribution in [1.82, 2.24) is 15.3 Å². The number of carbonyl (C=O) groups is 1. The Hall–Kier alpha value is -3.61. The smallest absolute Gasteiger partial charge is 0.310 e. The van der Waals surface area contributed by atoms with Gasteiger partial charge in [-0.2, -0.15) is 0 Å². The summed E-state index contributed by atoms with van der Waals surface area (Å²) in [6.45, 7) is 4.16. The molecule has 1 aromatic heterocycles. The van der Waals surface area contributed by atoms with Gasteiger partial charge in [0.15, 0.2) is 0 Å². The van der Waals surface area contributed by atoms with Gasteiger partial charge >= 0.3 is 12.0 Å². The van der Waals surface area contributed by atoms with Gasteiger partial charge in [0.1, 0.15) is 5.75 Å². The molecule has 3 aromatic rings. The molecule has 0 aliphatic rings. The van der Waals surface area contributed by atoms with Crippen LogP contribution in [-0.2, 0) is 27.5 Å². The van der Waals surface area contributed by atoms with Gasteiger partial charge in [0.2, 0.25) is 0 Å². The lowest BCUT2D eigenvalue weighted by atomic mass is 10.1. The minimum Gasteiger partial charge on any atom is -0.508 e. The highest BCUT2D eigenvalue weighted by Crippen LogP contribution is 2.22. The number of aromatic hydroxyl groups is 1. The van der Waals surface area contributed by atoms with Gasteiger partial charge in [-0.25, -0.2) is 4.98 Å². The molecule has 0 unspecified atom stereocenters. The summed E-state index contributed by atoms with van der Waals surface area (Å²) in [6, 6.07) is 12.0. The Kier molecular flexibility index (Phi) is 13.4. The number of aliphatic hydroxyl groups is 2. The first-order valence-corrected chi connectivity index (χ1v) is 13.7. The van der Waals surface area contributed by atoms with E-state index in [1.54, 1.807) is 18.2 Å². The second-order valence-corrected chi connectivity index (χ2v) is 9.57. The van der Waals surface area contributed by atoms with Gasteiger partial charge in [0.25, 0.3) is 5.56 Å². The molecule has 5 N–H and O–H groups in total. The van der Waals surface area contributed by atoms with Crippen LogP contribution in [0.4, 0.5) is 0 Å². The molecule has 0 saturated heterocycles. The number of carbonyl (C=O) groups excluding carboxylic acids is 1. The van der Waals surface area contributed by atoms with Crippen molar-refractivity contribution < 1.29 is 34.3 Å². The molecule has 0 bridgehead atoms. The number of unbranched alkanes of at least 4 members (excludes halogenated alkanes) is 3. The van der Waals surface area contributed by atoms with Crippen molar-refractivity contribution in [3.8, 4) is 22.9 Å². The average Bonchev–Trinajstić information content (AvgIpc) is 2.95.